The van der Waals surface area contributed by atoms with Crippen molar-refractivity contribution >= 4 is 11.9 Å². The van der Waals surface area contributed by atoms with E-state index in [-0.39, 0.29) is 12.1 Å². The minimum atomic E-state index is -1.27. The smallest absolute Gasteiger partial charge is 0.312 e. The van der Waals surface area contributed by atoms with Crippen LogP contribution in [0.15, 0.2) is 48.5 Å². The molecule has 3 rings (SSSR count). The fraction of sp³-hybridized carbons (Fsp3) is 0.300. The Labute approximate surface area is 149 Å². The molecule has 1 saturated carbocycles. The van der Waals surface area contributed by atoms with Crippen molar-refractivity contribution in [2.45, 2.75) is 30.6 Å². The summed E-state index contributed by atoms with van der Waals surface area (Å²) >= 11 is 0. The van der Waals surface area contributed by atoms with Gasteiger partial charge in [-0.1, -0.05) is 42.8 Å². The third kappa shape index (κ3) is 3.19. The molecular formula is C20H19F2NO3. The van der Waals surface area contributed by atoms with E-state index in [1.807, 2.05) is 0 Å². The van der Waals surface area contributed by atoms with Crippen molar-refractivity contribution in [3.63, 3.8) is 0 Å². The quantitative estimate of drug-likeness (QED) is 0.831. The van der Waals surface area contributed by atoms with Crippen LogP contribution in [0.25, 0.3) is 0 Å². The van der Waals surface area contributed by atoms with Gasteiger partial charge in [0.05, 0.1) is 11.3 Å². The van der Waals surface area contributed by atoms with E-state index in [1.165, 1.54) is 6.07 Å². The lowest BCUT2D eigenvalue weighted by Gasteiger charge is -2.41. The van der Waals surface area contributed by atoms with Crippen LogP contribution < -0.4 is 5.32 Å². The first-order valence-corrected chi connectivity index (χ1v) is 8.46. The third-order valence-electron chi connectivity index (χ3n) is 5.05. The highest BCUT2D eigenvalue weighted by molar-refractivity contribution is 5.90. The number of carboxylic acid groups (broad SMARTS) is 1. The van der Waals surface area contributed by atoms with Crippen LogP contribution in [0.4, 0.5) is 8.78 Å². The molecule has 2 aromatic rings. The van der Waals surface area contributed by atoms with Crippen LogP contribution in [0.1, 0.15) is 36.3 Å². The average molecular weight is 359 g/mol. The van der Waals surface area contributed by atoms with E-state index in [4.69, 9.17) is 0 Å². The number of halogens is 2. The molecule has 6 heteroatoms. The second-order valence-corrected chi connectivity index (χ2v) is 6.54. The first kappa shape index (κ1) is 18.0. The van der Waals surface area contributed by atoms with Crippen molar-refractivity contribution in [2.24, 2.45) is 0 Å². The Kier molecular flexibility index (Phi) is 5.02. The second-order valence-electron chi connectivity index (χ2n) is 6.54. The molecule has 136 valence electrons. The molecule has 26 heavy (non-hydrogen) atoms. The van der Waals surface area contributed by atoms with Crippen molar-refractivity contribution in [3.8, 4) is 0 Å². The standard InChI is InChI=1S/C20H19F2NO3/c21-15-8-4-9-16(22)17(15)20(10-5-11-20)19(26)23-12-14(18(24)25)13-6-2-1-3-7-13/h1-4,6-9,14H,5,10-12H2,(H,23,26)(H,24,25). The Hall–Kier alpha value is -2.76. The first-order valence-electron chi connectivity index (χ1n) is 8.46. The highest BCUT2D eigenvalue weighted by Gasteiger charge is 2.49. The molecule has 1 amide bonds. The first-order chi connectivity index (χ1) is 12.5. The van der Waals surface area contributed by atoms with Gasteiger partial charge in [0, 0.05) is 12.1 Å². The number of carboxylic acids is 1. The largest absolute Gasteiger partial charge is 0.481 e. The summed E-state index contributed by atoms with van der Waals surface area (Å²) in [6.07, 6.45) is 1.35. The molecule has 1 fully saturated rings. The van der Waals surface area contributed by atoms with Crippen LogP contribution in [0, 0.1) is 11.6 Å². The highest BCUT2D eigenvalue weighted by Crippen LogP contribution is 2.46. The fourth-order valence-corrected chi connectivity index (χ4v) is 3.47. The summed E-state index contributed by atoms with van der Waals surface area (Å²) in [6.45, 7) is -0.143. The van der Waals surface area contributed by atoms with Crippen LogP contribution in [0.2, 0.25) is 0 Å². The van der Waals surface area contributed by atoms with Gasteiger partial charge in [-0.05, 0) is 30.5 Å². The number of aliphatic carboxylic acids is 1. The van der Waals surface area contributed by atoms with Crippen LogP contribution in [-0.4, -0.2) is 23.5 Å². The summed E-state index contributed by atoms with van der Waals surface area (Å²) in [5.74, 6) is -4.04. The van der Waals surface area contributed by atoms with Gasteiger partial charge in [0.15, 0.2) is 0 Å². The summed E-state index contributed by atoms with van der Waals surface area (Å²) in [6, 6.07) is 12.1. The normalized spacial score (nSPS) is 16.4. The van der Waals surface area contributed by atoms with Gasteiger partial charge >= 0.3 is 5.97 Å². The number of nitrogens with one attached hydrogen (secondary N) is 1. The Morgan fingerprint density at radius 2 is 1.65 bits per heavy atom. The van der Waals surface area contributed by atoms with Gasteiger partial charge in [0.2, 0.25) is 5.91 Å². The van der Waals surface area contributed by atoms with Gasteiger partial charge < -0.3 is 10.4 Å². The summed E-state index contributed by atoms with van der Waals surface area (Å²) in [5.41, 5.74) is -0.940. The monoisotopic (exact) mass is 359 g/mol. The molecule has 1 aliphatic rings. The van der Waals surface area contributed by atoms with E-state index in [0.717, 1.165) is 12.1 Å². The Morgan fingerprint density at radius 3 is 2.15 bits per heavy atom. The Bertz CT molecular complexity index is 799. The van der Waals surface area contributed by atoms with Crippen molar-refractivity contribution in [1.82, 2.24) is 5.32 Å². The maximum Gasteiger partial charge on any atom is 0.312 e. The fourth-order valence-electron chi connectivity index (χ4n) is 3.47. The van der Waals surface area contributed by atoms with Gasteiger partial charge in [-0.15, -0.1) is 0 Å². The molecule has 2 N–H and O–H groups in total. The third-order valence-corrected chi connectivity index (χ3v) is 5.05. The summed E-state index contributed by atoms with van der Waals surface area (Å²) < 4.78 is 28.4. The summed E-state index contributed by atoms with van der Waals surface area (Å²) in [7, 11) is 0. The number of rotatable bonds is 6. The van der Waals surface area contributed by atoms with E-state index >= 15 is 0 Å². The van der Waals surface area contributed by atoms with E-state index in [1.54, 1.807) is 30.3 Å². The number of amides is 1. The van der Waals surface area contributed by atoms with E-state index in [0.29, 0.717) is 24.8 Å². The highest BCUT2D eigenvalue weighted by atomic mass is 19.1. The lowest BCUT2D eigenvalue weighted by molar-refractivity contribution is -0.139. The molecule has 0 bridgehead atoms. The molecule has 0 spiro atoms. The maximum atomic E-state index is 14.2. The zero-order valence-electron chi connectivity index (χ0n) is 14.0. The van der Waals surface area contributed by atoms with Crippen LogP contribution in [-0.2, 0) is 15.0 Å². The average Bonchev–Trinajstić information content (AvgIpc) is 2.57. The number of hydrogen-bond acceptors (Lipinski definition) is 2. The Morgan fingerprint density at radius 1 is 1.04 bits per heavy atom. The topological polar surface area (TPSA) is 66.4 Å². The predicted molar refractivity (Wildman–Crippen MR) is 91.7 cm³/mol. The number of carbonyl (C=O) groups excluding carboxylic acids is 1. The van der Waals surface area contributed by atoms with Crippen LogP contribution in [0.3, 0.4) is 0 Å². The van der Waals surface area contributed by atoms with E-state index in [9.17, 15) is 23.5 Å². The molecule has 1 atom stereocenters. The molecular weight excluding hydrogens is 340 g/mol. The lowest BCUT2D eigenvalue weighted by Crippen LogP contribution is -2.51. The van der Waals surface area contributed by atoms with Crippen molar-refractivity contribution in [2.75, 3.05) is 6.54 Å². The molecule has 0 heterocycles. The van der Waals surface area contributed by atoms with Gasteiger partial charge in [-0.3, -0.25) is 9.59 Å². The second kappa shape index (κ2) is 7.23. The lowest BCUT2D eigenvalue weighted by atomic mass is 9.63. The summed E-state index contributed by atoms with van der Waals surface area (Å²) in [4.78, 5) is 24.3. The Balaban J connectivity index is 1.81. The van der Waals surface area contributed by atoms with Gasteiger partial charge in [0.1, 0.15) is 11.6 Å². The predicted octanol–water partition coefficient (Wildman–Crippen LogP) is 3.37. The van der Waals surface area contributed by atoms with Gasteiger partial charge in [0.25, 0.3) is 0 Å². The molecule has 4 nitrogen and oxygen atoms in total. The molecule has 1 aliphatic carbocycles. The molecule has 0 saturated heterocycles. The minimum Gasteiger partial charge on any atom is -0.481 e. The van der Waals surface area contributed by atoms with E-state index < -0.39 is 34.8 Å². The van der Waals surface area contributed by atoms with Crippen molar-refractivity contribution in [1.29, 1.82) is 0 Å². The maximum absolute atomic E-state index is 14.2. The number of carbonyl (C=O) groups is 2. The number of benzene rings is 2. The summed E-state index contributed by atoms with van der Waals surface area (Å²) in [5, 5.41) is 12.1. The van der Waals surface area contributed by atoms with Crippen molar-refractivity contribution < 1.29 is 23.5 Å². The molecule has 0 radical (unpaired) electrons. The van der Waals surface area contributed by atoms with E-state index in [2.05, 4.69) is 5.32 Å². The zero-order valence-corrected chi connectivity index (χ0v) is 14.0. The minimum absolute atomic E-state index is 0.143. The zero-order chi connectivity index (χ0) is 18.7. The van der Waals surface area contributed by atoms with Gasteiger partial charge in [-0.25, -0.2) is 8.78 Å². The molecule has 0 aliphatic heterocycles. The number of hydrogen-bond donors (Lipinski definition) is 2. The molecule has 1 unspecified atom stereocenters. The molecule has 0 aromatic heterocycles. The van der Waals surface area contributed by atoms with Crippen molar-refractivity contribution in [3.05, 3.63) is 71.3 Å². The van der Waals surface area contributed by atoms with Gasteiger partial charge in [-0.2, -0.15) is 0 Å². The SMILES string of the molecule is O=C(O)C(CNC(=O)C1(c2c(F)cccc2F)CCC1)c1ccccc1. The van der Waals surface area contributed by atoms with Crippen LogP contribution >= 0.6 is 0 Å². The van der Waals surface area contributed by atoms with Crippen LogP contribution in [0.5, 0.6) is 0 Å². The molecule has 2 aromatic carbocycles.